The molecular weight excluding hydrogens is 192 g/mol. The summed E-state index contributed by atoms with van der Waals surface area (Å²) in [5.74, 6) is 0. The number of aliphatic hydroxyl groups is 3. The van der Waals surface area contributed by atoms with E-state index in [1.807, 2.05) is 13.0 Å². The zero-order valence-corrected chi connectivity index (χ0v) is 8.87. The summed E-state index contributed by atoms with van der Waals surface area (Å²) in [6, 6.07) is 8.87. The van der Waals surface area contributed by atoms with Gasteiger partial charge in [0.15, 0.2) is 0 Å². The fourth-order valence-electron chi connectivity index (χ4n) is 1.52. The molecule has 0 aromatic heterocycles. The van der Waals surface area contributed by atoms with Crippen LogP contribution in [0.2, 0.25) is 0 Å². The molecule has 0 saturated carbocycles. The van der Waals surface area contributed by atoms with Crippen LogP contribution in [0.25, 0.3) is 0 Å². The Morgan fingerprint density at radius 2 is 1.67 bits per heavy atom. The summed E-state index contributed by atoms with van der Waals surface area (Å²) in [6.07, 6.45) is -1.74. The molecule has 84 valence electrons. The van der Waals surface area contributed by atoms with Gasteiger partial charge in [-0.25, -0.2) is 0 Å². The summed E-state index contributed by atoms with van der Waals surface area (Å²) in [5, 5.41) is 29.0. The molecule has 0 bridgehead atoms. The van der Waals surface area contributed by atoms with Crippen LogP contribution in [0.5, 0.6) is 0 Å². The second-order valence-electron chi connectivity index (χ2n) is 3.70. The van der Waals surface area contributed by atoms with Gasteiger partial charge < -0.3 is 15.3 Å². The Kier molecular flexibility index (Phi) is 4.75. The maximum Gasteiger partial charge on any atom is 0.110 e. The first-order valence-electron chi connectivity index (χ1n) is 5.26. The molecule has 3 heteroatoms. The van der Waals surface area contributed by atoms with Crippen molar-refractivity contribution in [1.82, 2.24) is 0 Å². The minimum Gasteiger partial charge on any atom is -0.390 e. The molecule has 0 saturated heterocycles. The van der Waals surface area contributed by atoms with E-state index in [2.05, 4.69) is 0 Å². The predicted molar refractivity (Wildman–Crippen MR) is 58.3 cm³/mol. The van der Waals surface area contributed by atoms with Gasteiger partial charge in [-0.3, -0.25) is 0 Å². The van der Waals surface area contributed by atoms with E-state index in [4.69, 9.17) is 0 Å². The molecule has 0 heterocycles. The second-order valence-corrected chi connectivity index (χ2v) is 3.70. The summed E-state index contributed by atoms with van der Waals surface area (Å²) < 4.78 is 0. The van der Waals surface area contributed by atoms with E-state index in [0.717, 1.165) is 6.42 Å². The van der Waals surface area contributed by atoms with E-state index >= 15 is 0 Å². The molecule has 3 N–H and O–H groups in total. The average Bonchev–Trinajstić information content (AvgIpc) is 2.28. The fraction of sp³-hybridized carbons (Fsp3) is 0.500. The van der Waals surface area contributed by atoms with Crippen molar-refractivity contribution in [3.8, 4) is 0 Å². The van der Waals surface area contributed by atoms with Crippen molar-refractivity contribution >= 4 is 0 Å². The van der Waals surface area contributed by atoms with Crippen LogP contribution < -0.4 is 0 Å². The standard InChI is InChI=1S/C12H18O3/c1-2-6-10(13)12(15)11(14)9-7-4-3-5-8-9/h3-5,7-8,10-15H,2,6H2,1H3/t10-,11-,12-/m0/s1. The molecule has 0 unspecified atom stereocenters. The van der Waals surface area contributed by atoms with E-state index < -0.39 is 18.3 Å². The lowest BCUT2D eigenvalue weighted by Gasteiger charge is -2.22. The van der Waals surface area contributed by atoms with Crippen LogP contribution in [-0.2, 0) is 0 Å². The molecule has 15 heavy (non-hydrogen) atoms. The second kappa shape index (κ2) is 5.85. The Labute approximate surface area is 90.0 Å². The van der Waals surface area contributed by atoms with Crippen molar-refractivity contribution in [2.24, 2.45) is 0 Å². The van der Waals surface area contributed by atoms with Crippen molar-refractivity contribution in [3.05, 3.63) is 35.9 Å². The first-order valence-corrected chi connectivity index (χ1v) is 5.26. The zero-order chi connectivity index (χ0) is 11.3. The number of hydrogen-bond acceptors (Lipinski definition) is 3. The lowest BCUT2D eigenvalue weighted by atomic mass is 9.98. The number of rotatable bonds is 5. The normalized spacial score (nSPS) is 17.1. The number of hydrogen-bond donors (Lipinski definition) is 3. The molecule has 0 fully saturated rings. The topological polar surface area (TPSA) is 60.7 Å². The van der Waals surface area contributed by atoms with Gasteiger partial charge in [0, 0.05) is 0 Å². The minimum atomic E-state index is -1.12. The van der Waals surface area contributed by atoms with E-state index in [1.54, 1.807) is 24.3 Å². The smallest absolute Gasteiger partial charge is 0.110 e. The van der Waals surface area contributed by atoms with Gasteiger partial charge in [-0.15, -0.1) is 0 Å². The molecule has 3 nitrogen and oxygen atoms in total. The van der Waals surface area contributed by atoms with Gasteiger partial charge in [-0.05, 0) is 12.0 Å². The Bertz CT molecular complexity index is 273. The van der Waals surface area contributed by atoms with Crippen LogP contribution in [0.1, 0.15) is 31.4 Å². The minimum absolute atomic E-state index is 0.491. The Morgan fingerprint density at radius 1 is 1.07 bits per heavy atom. The molecular formula is C12H18O3. The Hall–Kier alpha value is -0.900. The number of aliphatic hydroxyl groups excluding tert-OH is 3. The molecule has 0 spiro atoms. The van der Waals surface area contributed by atoms with Gasteiger partial charge in [0.25, 0.3) is 0 Å². The van der Waals surface area contributed by atoms with Crippen LogP contribution in [0, 0.1) is 0 Å². The highest BCUT2D eigenvalue weighted by atomic mass is 16.4. The van der Waals surface area contributed by atoms with E-state index in [9.17, 15) is 15.3 Å². The van der Waals surface area contributed by atoms with Crippen LogP contribution in [0.15, 0.2) is 30.3 Å². The van der Waals surface area contributed by atoms with Gasteiger partial charge in [0.2, 0.25) is 0 Å². The zero-order valence-electron chi connectivity index (χ0n) is 8.87. The van der Waals surface area contributed by atoms with Gasteiger partial charge in [-0.2, -0.15) is 0 Å². The number of benzene rings is 1. The maximum absolute atomic E-state index is 9.78. The summed E-state index contributed by atoms with van der Waals surface area (Å²) in [6.45, 7) is 1.92. The molecule has 0 amide bonds. The lowest BCUT2D eigenvalue weighted by Crippen LogP contribution is -2.31. The average molecular weight is 210 g/mol. The monoisotopic (exact) mass is 210 g/mol. The molecule has 3 atom stereocenters. The highest BCUT2D eigenvalue weighted by molar-refractivity contribution is 5.18. The SMILES string of the molecule is CCC[C@H](O)[C@H](O)[C@@H](O)c1ccccc1. The maximum atomic E-state index is 9.78. The summed E-state index contributed by atoms with van der Waals surface area (Å²) in [4.78, 5) is 0. The highest BCUT2D eigenvalue weighted by Crippen LogP contribution is 2.20. The van der Waals surface area contributed by atoms with Crippen molar-refractivity contribution in [2.45, 2.75) is 38.1 Å². The molecule has 0 aliphatic heterocycles. The fourth-order valence-corrected chi connectivity index (χ4v) is 1.52. The van der Waals surface area contributed by atoms with E-state index in [-0.39, 0.29) is 0 Å². The van der Waals surface area contributed by atoms with E-state index in [0.29, 0.717) is 12.0 Å². The Morgan fingerprint density at radius 3 is 2.20 bits per heavy atom. The third-order valence-corrected chi connectivity index (χ3v) is 2.44. The van der Waals surface area contributed by atoms with Gasteiger partial charge in [0.05, 0.1) is 6.10 Å². The summed E-state index contributed by atoms with van der Waals surface area (Å²) in [5.41, 5.74) is 0.625. The Balaban J connectivity index is 2.64. The quantitative estimate of drug-likeness (QED) is 0.685. The van der Waals surface area contributed by atoms with Crippen LogP contribution >= 0.6 is 0 Å². The molecule has 0 radical (unpaired) electrons. The molecule has 1 aromatic carbocycles. The van der Waals surface area contributed by atoms with Crippen molar-refractivity contribution < 1.29 is 15.3 Å². The van der Waals surface area contributed by atoms with Crippen LogP contribution in [0.4, 0.5) is 0 Å². The third-order valence-electron chi connectivity index (χ3n) is 2.44. The van der Waals surface area contributed by atoms with Crippen molar-refractivity contribution in [2.75, 3.05) is 0 Å². The molecule has 0 aliphatic carbocycles. The lowest BCUT2D eigenvalue weighted by molar-refractivity contribution is -0.0632. The first-order chi connectivity index (χ1) is 7.16. The molecule has 0 aliphatic rings. The van der Waals surface area contributed by atoms with Crippen molar-refractivity contribution in [3.63, 3.8) is 0 Å². The van der Waals surface area contributed by atoms with Gasteiger partial charge >= 0.3 is 0 Å². The highest BCUT2D eigenvalue weighted by Gasteiger charge is 2.24. The largest absolute Gasteiger partial charge is 0.390 e. The van der Waals surface area contributed by atoms with E-state index in [1.165, 1.54) is 0 Å². The summed E-state index contributed by atoms with van der Waals surface area (Å²) in [7, 11) is 0. The van der Waals surface area contributed by atoms with Crippen molar-refractivity contribution in [1.29, 1.82) is 0 Å². The first kappa shape index (κ1) is 12.2. The molecule has 1 rings (SSSR count). The third kappa shape index (κ3) is 3.30. The van der Waals surface area contributed by atoms with Crippen LogP contribution in [-0.4, -0.2) is 27.5 Å². The predicted octanol–water partition coefficient (Wildman–Crippen LogP) is 1.24. The summed E-state index contributed by atoms with van der Waals surface area (Å²) >= 11 is 0. The van der Waals surface area contributed by atoms with Gasteiger partial charge in [0.1, 0.15) is 12.2 Å². The van der Waals surface area contributed by atoms with Gasteiger partial charge in [-0.1, -0.05) is 43.7 Å². The van der Waals surface area contributed by atoms with Crippen LogP contribution in [0.3, 0.4) is 0 Å². The molecule has 1 aromatic rings.